The highest BCUT2D eigenvalue weighted by atomic mass is 16.5. The van der Waals surface area contributed by atoms with Crippen molar-refractivity contribution in [2.24, 2.45) is 11.8 Å². The molecule has 0 spiro atoms. The van der Waals surface area contributed by atoms with Crippen LogP contribution in [-0.4, -0.2) is 41.4 Å². The quantitative estimate of drug-likeness (QED) is 0.806. The maximum absolute atomic E-state index is 13.0. The van der Waals surface area contributed by atoms with E-state index in [2.05, 4.69) is 28.7 Å². The van der Waals surface area contributed by atoms with E-state index < -0.39 is 0 Å². The molecule has 2 atom stereocenters. The molecule has 0 radical (unpaired) electrons. The Labute approximate surface area is 165 Å². The van der Waals surface area contributed by atoms with Gasteiger partial charge in [-0.25, -0.2) is 0 Å². The third-order valence-corrected chi connectivity index (χ3v) is 6.06. The second kappa shape index (κ2) is 8.27. The van der Waals surface area contributed by atoms with Crippen molar-refractivity contribution in [1.29, 1.82) is 0 Å². The Morgan fingerprint density at radius 2 is 2.07 bits per heavy atom. The minimum Gasteiger partial charge on any atom is -0.353 e. The zero-order valence-electron chi connectivity index (χ0n) is 16.3. The van der Waals surface area contributed by atoms with Crippen LogP contribution in [0.25, 0.3) is 0 Å². The van der Waals surface area contributed by atoms with Crippen LogP contribution in [0.2, 0.25) is 0 Å². The molecular weight excluding hydrogens is 354 g/mol. The Hall–Kier alpha value is -2.47. The average molecular weight is 381 g/mol. The van der Waals surface area contributed by atoms with Crippen molar-refractivity contribution in [1.82, 2.24) is 15.4 Å². The summed E-state index contributed by atoms with van der Waals surface area (Å²) in [6.45, 7) is 4.80. The van der Waals surface area contributed by atoms with E-state index in [0.717, 1.165) is 51.1 Å². The Balaban J connectivity index is 1.39. The number of carbonyl (C=O) groups excluding carboxylic acids is 2. The number of Topliss-reactive ketones (excluding diaryl/α,β-unsaturated/α-hetero) is 1. The van der Waals surface area contributed by atoms with Crippen molar-refractivity contribution >= 4 is 11.7 Å². The van der Waals surface area contributed by atoms with Gasteiger partial charge in [0.1, 0.15) is 0 Å². The molecule has 3 heterocycles. The first kappa shape index (κ1) is 18.9. The predicted octanol–water partition coefficient (Wildman–Crippen LogP) is 2.62. The number of piperidine rings is 1. The number of fused-ring (bicyclic) bond motifs is 1. The van der Waals surface area contributed by atoms with E-state index in [1.807, 2.05) is 11.0 Å². The van der Waals surface area contributed by atoms with E-state index in [1.165, 1.54) is 18.1 Å². The highest BCUT2D eigenvalue weighted by Gasteiger charge is 2.30. The summed E-state index contributed by atoms with van der Waals surface area (Å²) in [7, 11) is 0. The lowest BCUT2D eigenvalue weighted by Crippen LogP contribution is -2.42. The summed E-state index contributed by atoms with van der Waals surface area (Å²) >= 11 is 0. The van der Waals surface area contributed by atoms with Gasteiger partial charge in [-0.1, -0.05) is 29.4 Å². The SMILES string of the molecule is CC(=O)c1cc(C[C@@H]2CNCC[C@H]2CC(=O)N2CCc3ccccc3C2)no1. The number of nitrogens with zero attached hydrogens (tertiary/aromatic N) is 2. The number of hydrogen-bond acceptors (Lipinski definition) is 5. The van der Waals surface area contributed by atoms with Crippen molar-refractivity contribution < 1.29 is 14.1 Å². The molecule has 2 aliphatic heterocycles. The first-order valence-electron chi connectivity index (χ1n) is 10.1. The minimum atomic E-state index is -0.113. The monoisotopic (exact) mass is 381 g/mol. The zero-order valence-corrected chi connectivity index (χ0v) is 16.3. The fourth-order valence-corrected chi connectivity index (χ4v) is 4.39. The van der Waals surface area contributed by atoms with Gasteiger partial charge in [-0.2, -0.15) is 0 Å². The van der Waals surface area contributed by atoms with Gasteiger partial charge in [0.15, 0.2) is 5.78 Å². The zero-order chi connectivity index (χ0) is 19.5. The number of hydrogen-bond donors (Lipinski definition) is 1. The van der Waals surface area contributed by atoms with Crippen molar-refractivity contribution in [3.8, 4) is 0 Å². The molecule has 6 nitrogen and oxygen atoms in total. The van der Waals surface area contributed by atoms with Crippen molar-refractivity contribution in [3.63, 3.8) is 0 Å². The molecule has 1 saturated heterocycles. The van der Waals surface area contributed by atoms with E-state index in [1.54, 1.807) is 6.07 Å². The molecule has 0 unspecified atom stereocenters. The van der Waals surface area contributed by atoms with Gasteiger partial charge in [0, 0.05) is 32.5 Å². The molecule has 1 N–H and O–H groups in total. The number of ketones is 1. The first-order chi connectivity index (χ1) is 13.6. The molecular formula is C22H27N3O3. The minimum absolute atomic E-state index is 0.113. The number of nitrogens with one attached hydrogen (secondary N) is 1. The summed E-state index contributed by atoms with van der Waals surface area (Å²) < 4.78 is 5.12. The third kappa shape index (κ3) is 4.17. The van der Waals surface area contributed by atoms with Gasteiger partial charge in [0.25, 0.3) is 0 Å². The van der Waals surface area contributed by atoms with Crippen molar-refractivity contribution in [2.75, 3.05) is 19.6 Å². The summed E-state index contributed by atoms with van der Waals surface area (Å²) in [5.41, 5.74) is 3.42. The van der Waals surface area contributed by atoms with Crippen molar-refractivity contribution in [3.05, 3.63) is 52.9 Å². The summed E-state index contributed by atoms with van der Waals surface area (Å²) in [5.74, 6) is 1.08. The van der Waals surface area contributed by atoms with Crippen LogP contribution < -0.4 is 5.32 Å². The van der Waals surface area contributed by atoms with E-state index in [-0.39, 0.29) is 11.7 Å². The van der Waals surface area contributed by atoms with Gasteiger partial charge in [-0.15, -0.1) is 0 Å². The van der Waals surface area contributed by atoms with Gasteiger partial charge in [0.2, 0.25) is 11.7 Å². The van der Waals surface area contributed by atoms with Crippen LogP contribution >= 0.6 is 0 Å². The number of benzene rings is 1. The Kier molecular flexibility index (Phi) is 5.57. The topological polar surface area (TPSA) is 75.4 Å². The summed E-state index contributed by atoms with van der Waals surface area (Å²) in [6, 6.07) is 10.1. The van der Waals surface area contributed by atoms with Crippen LogP contribution in [0, 0.1) is 11.8 Å². The maximum atomic E-state index is 13.0. The molecule has 4 rings (SSSR count). The molecule has 2 aliphatic rings. The molecule has 6 heteroatoms. The molecule has 0 aliphatic carbocycles. The average Bonchev–Trinajstić information content (AvgIpc) is 3.18. The lowest BCUT2D eigenvalue weighted by atomic mass is 9.80. The molecule has 0 bridgehead atoms. The largest absolute Gasteiger partial charge is 0.353 e. The summed E-state index contributed by atoms with van der Waals surface area (Å²) in [6.07, 6.45) is 3.22. The molecule has 1 amide bonds. The Morgan fingerprint density at radius 1 is 1.25 bits per heavy atom. The van der Waals surface area contributed by atoms with Gasteiger partial charge >= 0.3 is 0 Å². The predicted molar refractivity (Wildman–Crippen MR) is 105 cm³/mol. The second-order valence-corrected chi connectivity index (χ2v) is 7.99. The van der Waals surface area contributed by atoms with Gasteiger partial charge < -0.3 is 14.7 Å². The van der Waals surface area contributed by atoms with E-state index in [0.29, 0.717) is 24.0 Å². The highest BCUT2D eigenvalue weighted by molar-refractivity contribution is 5.91. The van der Waals surface area contributed by atoms with E-state index >= 15 is 0 Å². The smallest absolute Gasteiger partial charge is 0.223 e. The Morgan fingerprint density at radius 3 is 2.86 bits per heavy atom. The molecule has 1 aromatic heterocycles. The van der Waals surface area contributed by atoms with Crippen LogP contribution in [-0.2, 0) is 24.2 Å². The van der Waals surface area contributed by atoms with Gasteiger partial charge in [-0.3, -0.25) is 9.59 Å². The standard InChI is InChI=1S/C22H27N3O3/c1-15(26)21-12-20(24-28-21)10-19-13-23-8-6-17(19)11-22(27)25-9-7-16-4-2-3-5-18(16)14-25/h2-5,12,17,19,23H,6-11,13-14H2,1H3/t17-,19+/m0/s1. The first-order valence-corrected chi connectivity index (χ1v) is 10.1. The van der Waals surface area contributed by atoms with Gasteiger partial charge in [-0.05, 0) is 55.3 Å². The molecule has 148 valence electrons. The third-order valence-electron chi connectivity index (χ3n) is 6.06. The second-order valence-electron chi connectivity index (χ2n) is 7.99. The van der Waals surface area contributed by atoms with Crippen LogP contribution in [0.5, 0.6) is 0 Å². The lowest BCUT2D eigenvalue weighted by molar-refractivity contribution is -0.133. The number of rotatable bonds is 5. The highest BCUT2D eigenvalue weighted by Crippen LogP contribution is 2.28. The molecule has 1 aromatic carbocycles. The van der Waals surface area contributed by atoms with Crippen molar-refractivity contribution in [2.45, 2.75) is 39.2 Å². The molecule has 28 heavy (non-hydrogen) atoms. The molecule has 0 saturated carbocycles. The van der Waals surface area contributed by atoms with Crippen LogP contribution in [0.4, 0.5) is 0 Å². The molecule has 1 fully saturated rings. The van der Waals surface area contributed by atoms with Crippen LogP contribution in [0.1, 0.15) is 47.1 Å². The normalized spacial score (nSPS) is 22.0. The van der Waals surface area contributed by atoms with E-state index in [9.17, 15) is 9.59 Å². The van der Waals surface area contributed by atoms with Gasteiger partial charge in [0.05, 0.1) is 5.69 Å². The fraction of sp³-hybridized carbons (Fsp3) is 0.500. The van der Waals surface area contributed by atoms with E-state index in [4.69, 9.17) is 4.52 Å². The summed E-state index contributed by atoms with van der Waals surface area (Å²) in [5, 5.41) is 7.47. The number of amides is 1. The molecule has 2 aromatic rings. The fourth-order valence-electron chi connectivity index (χ4n) is 4.39. The Bertz CT molecular complexity index is 860. The summed E-state index contributed by atoms with van der Waals surface area (Å²) in [4.78, 5) is 26.4. The lowest BCUT2D eigenvalue weighted by Gasteiger charge is -2.34. The van der Waals surface area contributed by atoms with Crippen LogP contribution in [0.3, 0.4) is 0 Å². The number of carbonyl (C=O) groups is 2. The van der Waals surface area contributed by atoms with Crippen LogP contribution in [0.15, 0.2) is 34.9 Å². The maximum Gasteiger partial charge on any atom is 0.223 e. The number of aromatic nitrogens is 1.